The average molecular weight is 306 g/mol. The molecule has 1 fully saturated rings. The third kappa shape index (κ3) is 5.70. The van der Waals surface area contributed by atoms with Gasteiger partial charge < -0.3 is 15.5 Å². The Morgan fingerprint density at radius 1 is 1.18 bits per heavy atom. The monoisotopic (exact) mass is 306 g/mol. The Morgan fingerprint density at radius 3 is 2.50 bits per heavy atom. The van der Waals surface area contributed by atoms with Gasteiger partial charge in [-0.05, 0) is 31.6 Å². The molecular formula is C17H30N4O. The van der Waals surface area contributed by atoms with Gasteiger partial charge in [0.25, 0.3) is 0 Å². The molecule has 0 atom stereocenters. The Labute approximate surface area is 134 Å². The second kappa shape index (κ2) is 8.81. The highest BCUT2D eigenvalue weighted by Gasteiger charge is 2.16. The first-order valence-corrected chi connectivity index (χ1v) is 8.55. The summed E-state index contributed by atoms with van der Waals surface area (Å²) in [5.74, 6) is 1.56. The second-order valence-electron chi connectivity index (χ2n) is 6.62. The van der Waals surface area contributed by atoms with Crippen LogP contribution in [0.25, 0.3) is 0 Å². The summed E-state index contributed by atoms with van der Waals surface area (Å²) in [5, 5.41) is 6.91. The minimum Gasteiger partial charge on any atom is -0.356 e. The number of likely N-dealkylation sites (N-methyl/N-ethyl adjacent to an activating group) is 1. The molecule has 2 rings (SSSR count). The van der Waals surface area contributed by atoms with Crippen LogP contribution in [0.2, 0.25) is 0 Å². The van der Waals surface area contributed by atoms with Crippen molar-refractivity contribution in [2.45, 2.75) is 51.0 Å². The first kappa shape index (κ1) is 16.8. The smallest absolute Gasteiger partial charge is 0.243 e. The van der Waals surface area contributed by atoms with E-state index >= 15 is 0 Å². The van der Waals surface area contributed by atoms with Gasteiger partial charge in [-0.15, -0.1) is 0 Å². The van der Waals surface area contributed by atoms with Crippen molar-refractivity contribution >= 4 is 11.9 Å². The number of rotatable bonds is 5. The number of amides is 1. The second-order valence-corrected chi connectivity index (χ2v) is 6.62. The molecule has 2 N–H and O–H groups in total. The van der Waals surface area contributed by atoms with Crippen molar-refractivity contribution in [2.75, 3.05) is 27.2 Å². The zero-order valence-corrected chi connectivity index (χ0v) is 14.0. The zero-order valence-electron chi connectivity index (χ0n) is 14.0. The van der Waals surface area contributed by atoms with E-state index in [9.17, 15) is 4.79 Å². The number of carbonyl (C=O) groups is 1. The molecular weight excluding hydrogens is 276 g/mol. The summed E-state index contributed by atoms with van der Waals surface area (Å²) < 4.78 is 0. The van der Waals surface area contributed by atoms with E-state index in [1.165, 1.54) is 32.1 Å². The molecule has 5 nitrogen and oxygen atoms in total. The van der Waals surface area contributed by atoms with Gasteiger partial charge in [0.1, 0.15) is 6.54 Å². The highest BCUT2D eigenvalue weighted by atomic mass is 16.2. The number of aliphatic imine (C=N–C) groups is 1. The lowest BCUT2D eigenvalue weighted by atomic mass is 9.89. The van der Waals surface area contributed by atoms with E-state index in [1.54, 1.807) is 19.0 Å². The van der Waals surface area contributed by atoms with Crippen molar-refractivity contribution in [3.05, 3.63) is 12.2 Å². The van der Waals surface area contributed by atoms with Crippen LogP contribution < -0.4 is 10.6 Å². The standard InChI is InChI=1S/C17H30N4O/c1-21(2)16(22)13-19-17(20-15-10-6-7-11-15)18-12-14-8-4-3-5-9-14/h6-7,14-15H,3-5,8-13H2,1-2H3,(H2,18,19,20). The fourth-order valence-corrected chi connectivity index (χ4v) is 3.00. The summed E-state index contributed by atoms with van der Waals surface area (Å²) >= 11 is 0. The van der Waals surface area contributed by atoms with E-state index in [1.807, 2.05) is 0 Å². The summed E-state index contributed by atoms with van der Waals surface area (Å²) in [6, 6.07) is 0.409. The normalized spacial score (nSPS) is 20.2. The van der Waals surface area contributed by atoms with E-state index in [-0.39, 0.29) is 12.5 Å². The number of carbonyl (C=O) groups excluding carboxylic acids is 1. The molecule has 0 saturated heterocycles. The Balaban J connectivity index is 1.84. The molecule has 0 aromatic carbocycles. The van der Waals surface area contributed by atoms with Gasteiger partial charge in [-0.3, -0.25) is 4.79 Å². The molecule has 0 bridgehead atoms. The lowest BCUT2D eigenvalue weighted by Gasteiger charge is -2.24. The predicted octanol–water partition coefficient (Wildman–Crippen LogP) is 1.91. The van der Waals surface area contributed by atoms with Gasteiger partial charge in [0, 0.05) is 26.7 Å². The van der Waals surface area contributed by atoms with Crippen LogP contribution in [-0.2, 0) is 4.79 Å². The summed E-state index contributed by atoms with van der Waals surface area (Å²) in [4.78, 5) is 17.8. The van der Waals surface area contributed by atoms with Crippen LogP contribution in [0.3, 0.4) is 0 Å². The fraction of sp³-hybridized carbons (Fsp3) is 0.765. The molecule has 0 radical (unpaired) electrons. The highest BCUT2D eigenvalue weighted by Crippen LogP contribution is 2.22. The Kier molecular flexibility index (Phi) is 6.74. The van der Waals surface area contributed by atoms with Crippen molar-refractivity contribution in [3.63, 3.8) is 0 Å². The van der Waals surface area contributed by atoms with Crippen LogP contribution in [0.5, 0.6) is 0 Å². The molecule has 5 heteroatoms. The summed E-state index contributed by atoms with van der Waals surface area (Å²) in [7, 11) is 3.53. The van der Waals surface area contributed by atoms with Crippen molar-refractivity contribution in [3.8, 4) is 0 Å². The lowest BCUT2D eigenvalue weighted by Crippen LogP contribution is -2.45. The van der Waals surface area contributed by atoms with Crippen molar-refractivity contribution in [1.82, 2.24) is 15.5 Å². The predicted molar refractivity (Wildman–Crippen MR) is 90.9 cm³/mol. The summed E-state index contributed by atoms with van der Waals surface area (Å²) in [6.45, 7) is 1.16. The Bertz CT molecular complexity index is 403. The maximum absolute atomic E-state index is 11.7. The quantitative estimate of drug-likeness (QED) is 0.463. The van der Waals surface area contributed by atoms with Gasteiger partial charge in [-0.1, -0.05) is 31.4 Å². The number of nitrogens with one attached hydrogen (secondary N) is 2. The minimum absolute atomic E-state index is 0.0308. The van der Waals surface area contributed by atoms with Crippen LogP contribution >= 0.6 is 0 Å². The molecule has 0 aromatic rings. The molecule has 0 spiro atoms. The van der Waals surface area contributed by atoms with Gasteiger partial charge in [-0.25, -0.2) is 4.99 Å². The van der Waals surface area contributed by atoms with Crippen LogP contribution in [-0.4, -0.2) is 50.0 Å². The van der Waals surface area contributed by atoms with Crippen molar-refractivity contribution < 1.29 is 4.79 Å². The van der Waals surface area contributed by atoms with Crippen molar-refractivity contribution in [1.29, 1.82) is 0 Å². The van der Waals surface area contributed by atoms with Crippen LogP contribution in [0, 0.1) is 5.92 Å². The van der Waals surface area contributed by atoms with Gasteiger partial charge in [0.05, 0.1) is 0 Å². The Morgan fingerprint density at radius 2 is 1.86 bits per heavy atom. The molecule has 1 amide bonds. The topological polar surface area (TPSA) is 56.7 Å². The van der Waals surface area contributed by atoms with E-state index in [2.05, 4.69) is 27.8 Å². The average Bonchev–Trinajstić information content (AvgIpc) is 3.03. The summed E-state index contributed by atoms with van der Waals surface area (Å²) in [5.41, 5.74) is 0. The number of hydrogen-bond donors (Lipinski definition) is 2. The fourth-order valence-electron chi connectivity index (χ4n) is 3.00. The number of guanidine groups is 1. The van der Waals surface area contributed by atoms with Gasteiger partial charge in [-0.2, -0.15) is 0 Å². The first-order valence-electron chi connectivity index (χ1n) is 8.55. The zero-order chi connectivity index (χ0) is 15.8. The highest BCUT2D eigenvalue weighted by molar-refractivity contribution is 5.85. The Hall–Kier alpha value is -1.52. The van der Waals surface area contributed by atoms with E-state index < -0.39 is 0 Å². The first-order chi connectivity index (χ1) is 10.6. The lowest BCUT2D eigenvalue weighted by molar-refractivity contribution is -0.127. The molecule has 0 unspecified atom stereocenters. The molecule has 0 aromatic heterocycles. The largest absolute Gasteiger partial charge is 0.356 e. The molecule has 0 heterocycles. The molecule has 1 saturated carbocycles. The molecule has 2 aliphatic rings. The third-order valence-corrected chi connectivity index (χ3v) is 4.50. The van der Waals surface area contributed by atoms with Crippen LogP contribution in [0.4, 0.5) is 0 Å². The molecule has 22 heavy (non-hydrogen) atoms. The summed E-state index contributed by atoms with van der Waals surface area (Å²) in [6.07, 6.45) is 13.1. The third-order valence-electron chi connectivity index (χ3n) is 4.50. The van der Waals surface area contributed by atoms with Gasteiger partial charge in [0.2, 0.25) is 5.91 Å². The minimum atomic E-state index is 0.0308. The molecule has 0 aliphatic heterocycles. The molecule has 2 aliphatic carbocycles. The molecule has 124 valence electrons. The maximum atomic E-state index is 11.7. The number of nitrogens with zero attached hydrogens (tertiary/aromatic N) is 2. The van der Waals surface area contributed by atoms with E-state index in [0.29, 0.717) is 6.04 Å². The SMILES string of the molecule is CN(C)C(=O)CN=C(NCC1CCCCC1)NC1CC=CC1. The van der Waals surface area contributed by atoms with Crippen LogP contribution in [0.1, 0.15) is 44.9 Å². The van der Waals surface area contributed by atoms with E-state index in [0.717, 1.165) is 31.3 Å². The van der Waals surface area contributed by atoms with Gasteiger partial charge in [0.15, 0.2) is 5.96 Å². The van der Waals surface area contributed by atoms with Crippen molar-refractivity contribution in [2.24, 2.45) is 10.9 Å². The van der Waals surface area contributed by atoms with Gasteiger partial charge >= 0.3 is 0 Å². The number of hydrogen-bond acceptors (Lipinski definition) is 2. The van der Waals surface area contributed by atoms with Crippen LogP contribution in [0.15, 0.2) is 17.1 Å². The maximum Gasteiger partial charge on any atom is 0.243 e. The van der Waals surface area contributed by atoms with E-state index in [4.69, 9.17) is 0 Å².